The summed E-state index contributed by atoms with van der Waals surface area (Å²) in [7, 11) is 1.73. The number of benzene rings is 1. The molecule has 0 spiro atoms. The van der Waals surface area contributed by atoms with Crippen molar-refractivity contribution in [1.82, 2.24) is 4.90 Å². The highest BCUT2D eigenvalue weighted by Crippen LogP contribution is 2.35. The Morgan fingerprint density at radius 2 is 2.24 bits per heavy atom. The Kier molecular flexibility index (Phi) is 4.48. The van der Waals surface area contributed by atoms with Crippen molar-refractivity contribution in [2.75, 3.05) is 26.8 Å². The Hall–Kier alpha value is -1.10. The number of morpholine rings is 1. The monoisotopic (exact) mass is 291 g/mol. The molecule has 1 saturated heterocycles. The van der Waals surface area contributed by atoms with E-state index in [4.69, 9.17) is 9.47 Å². The summed E-state index contributed by atoms with van der Waals surface area (Å²) >= 11 is 0. The highest BCUT2D eigenvalue weighted by Gasteiger charge is 2.40. The van der Waals surface area contributed by atoms with Crippen LogP contribution < -0.4 is 4.74 Å². The minimum atomic E-state index is -0.0611. The molecule has 0 saturated carbocycles. The normalized spacial score (nSPS) is 28.8. The van der Waals surface area contributed by atoms with Crippen molar-refractivity contribution in [1.29, 1.82) is 0 Å². The number of rotatable bonds is 4. The number of ether oxygens (including phenoxy) is 2. The second kappa shape index (κ2) is 6.34. The smallest absolute Gasteiger partial charge is 0.122 e. The molecule has 0 amide bonds. The molecule has 0 aromatic heterocycles. The molecule has 1 aliphatic carbocycles. The summed E-state index contributed by atoms with van der Waals surface area (Å²) in [6.07, 6.45) is 3.11. The maximum Gasteiger partial charge on any atom is 0.122 e. The molecular weight excluding hydrogens is 266 g/mol. The zero-order valence-corrected chi connectivity index (χ0v) is 12.9. The number of fused-ring (bicyclic) bond motifs is 2. The summed E-state index contributed by atoms with van der Waals surface area (Å²) in [5, 5.41) is 9.49. The third-order valence-corrected chi connectivity index (χ3v) is 4.70. The summed E-state index contributed by atoms with van der Waals surface area (Å²) in [5.41, 5.74) is 2.65. The van der Waals surface area contributed by atoms with E-state index in [0.29, 0.717) is 6.04 Å². The van der Waals surface area contributed by atoms with Gasteiger partial charge in [-0.15, -0.1) is 0 Å². The van der Waals surface area contributed by atoms with Crippen molar-refractivity contribution in [3.8, 4) is 5.75 Å². The lowest BCUT2D eigenvalue weighted by molar-refractivity contribution is -0.135. The van der Waals surface area contributed by atoms with Crippen LogP contribution in [0.25, 0.3) is 0 Å². The first-order valence-electron chi connectivity index (χ1n) is 7.92. The topological polar surface area (TPSA) is 41.9 Å². The van der Waals surface area contributed by atoms with Crippen molar-refractivity contribution in [3.63, 3.8) is 0 Å². The van der Waals surface area contributed by atoms with Gasteiger partial charge in [0.1, 0.15) is 5.75 Å². The van der Waals surface area contributed by atoms with E-state index in [1.165, 1.54) is 11.1 Å². The van der Waals surface area contributed by atoms with Crippen LogP contribution in [-0.2, 0) is 17.6 Å². The largest absolute Gasteiger partial charge is 0.496 e. The van der Waals surface area contributed by atoms with Crippen LogP contribution >= 0.6 is 0 Å². The van der Waals surface area contributed by atoms with E-state index in [1.54, 1.807) is 7.11 Å². The third kappa shape index (κ3) is 2.80. The van der Waals surface area contributed by atoms with E-state index in [1.807, 2.05) is 6.07 Å². The number of hydrogen-bond donors (Lipinski definition) is 1. The predicted molar refractivity (Wildman–Crippen MR) is 81.8 cm³/mol. The number of aliphatic hydroxyl groups excluding tert-OH is 1. The van der Waals surface area contributed by atoms with Crippen LogP contribution in [0.15, 0.2) is 18.2 Å². The molecule has 1 aromatic rings. The molecule has 1 heterocycles. The van der Waals surface area contributed by atoms with Gasteiger partial charge in [0, 0.05) is 19.0 Å². The van der Waals surface area contributed by atoms with Crippen LogP contribution in [0.3, 0.4) is 0 Å². The van der Waals surface area contributed by atoms with Gasteiger partial charge in [-0.2, -0.15) is 0 Å². The Morgan fingerprint density at radius 3 is 2.95 bits per heavy atom. The maximum absolute atomic E-state index is 9.49. The number of methoxy groups -OCH3 is 1. The van der Waals surface area contributed by atoms with Gasteiger partial charge in [0.05, 0.1) is 25.9 Å². The molecule has 3 rings (SSSR count). The van der Waals surface area contributed by atoms with Gasteiger partial charge in [0.2, 0.25) is 0 Å². The van der Waals surface area contributed by atoms with Crippen LogP contribution in [0.1, 0.15) is 24.5 Å². The summed E-state index contributed by atoms with van der Waals surface area (Å²) in [4.78, 5) is 2.50. The van der Waals surface area contributed by atoms with Gasteiger partial charge in [0.15, 0.2) is 0 Å². The molecular formula is C17H25NO3. The number of aliphatic hydroxyl groups is 1. The van der Waals surface area contributed by atoms with Crippen molar-refractivity contribution in [2.45, 2.75) is 44.4 Å². The summed E-state index contributed by atoms with van der Waals surface area (Å²) in [6, 6.07) is 6.72. The molecule has 2 aliphatic rings. The standard InChI is InChI=1S/C17H25NO3/c1-3-7-18-10-13(11-19)21-17-9-14-12(8-15(17)18)5-4-6-16(14)20-2/h4-6,13,15,17,19H,3,7-11H2,1-2H3/t13-,15+,17+/m1/s1. The van der Waals surface area contributed by atoms with Crippen LogP contribution in [-0.4, -0.2) is 55.1 Å². The molecule has 3 atom stereocenters. The molecule has 1 aliphatic heterocycles. The Balaban J connectivity index is 1.88. The van der Waals surface area contributed by atoms with Crippen LogP contribution in [0.4, 0.5) is 0 Å². The van der Waals surface area contributed by atoms with E-state index in [0.717, 1.165) is 38.1 Å². The molecule has 4 nitrogen and oxygen atoms in total. The minimum Gasteiger partial charge on any atom is -0.496 e. The van der Waals surface area contributed by atoms with Gasteiger partial charge in [-0.25, -0.2) is 0 Å². The summed E-state index contributed by atoms with van der Waals surface area (Å²) in [6.45, 7) is 4.21. The van der Waals surface area contributed by atoms with Gasteiger partial charge in [-0.05, 0) is 36.6 Å². The molecule has 1 N–H and O–H groups in total. The van der Waals surface area contributed by atoms with Gasteiger partial charge < -0.3 is 14.6 Å². The lowest BCUT2D eigenvalue weighted by Gasteiger charge is -2.47. The fourth-order valence-corrected chi connectivity index (χ4v) is 3.75. The lowest BCUT2D eigenvalue weighted by Crippen LogP contribution is -2.58. The number of nitrogens with zero attached hydrogens (tertiary/aromatic N) is 1. The summed E-state index contributed by atoms with van der Waals surface area (Å²) < 4.78 is 11.6. The fourth-order valence-electron chi connectivity index (χ4n) is 3.75. The molecule has 1 fully saturated rings. The van der Waals surface area contributed by atoms with Crippen molar-refractivity contribution < 1.29 is 14.6 Å². The van der Waals surface area contributed by atoms with E-state index in [-0.39, 0.29) is 18.8 Å². The highest BCUT2D eigenvalue weighted by atomic mass is 16.5. The molecule has 116 valence electrons. The predicted octanol–water partition coefficient (Wildman–Crippen LogP) is 1.63. The first kappa shape index (κ1) is 14.8. The molecule has 21 heavy (non-hydrogen) atoms. The van der Waals surface area contributed by atoms with Crippen LogP contribution in [0.5, 0.6) is 5.75 Å². The molecule has 0 unspecified atom stereocenters. The average Bonchev–Trinajstić information content (AvgIpc) is 2.52. The molecule has 1 aromatic carbocycles. The van der Waals surface area contributed by atoms with Crippen molar-refractivity contribution in [2.24, 2.45) is 0 Å². The quantitative estimate of drug-likeness (QED) is 0.915. The zero-order valence-electron chi connectivity index (χ0n) is 12.9. The van der Waals surface area contributed by atoms with E-state index >= 15 is 0 Å². The number of hydrogen-bond acceptors (Lipinski definition) is 4. The first-order valence-corrected chi connectivity index (χ1v) is 7.92. The minimum absolute atomic E-state index is 0.0611. The Labute approximate surface area is 126 Å². The van der Waals surface area contributed by atoms with Crippen LogP contribution in [0.2, 0.25) is 0 Å². The van der Waals surface area contributed by atoms with Gasteiger partial charge in [-0.1, -0.05) is 19.1 Å². The maximum atomic E-state index is 9.49. The van der Waals surface area contributed by atoms with Gasteiger partial charge in [-0.3, -0.25) is 4.90 Å². The molecule has 0 bridgehead atoms. The first-order chi connectivity index (χ1) is 10.3. The summed E-state index contributed by atoms with van der Waals surface area (Å²) in [5.74, 6) is 0.961. The van der Waals surface area contributed by atoms with Crippen molar-refractivity contribution >= 4 is 0 Å². The molecule has 0 radical (unpaired) electrons. The molecule has 4 heteroatoms. The SMILES string of the molecule is CCCN1C[C@H](CO)O[C@H]2Cc3c(cccc3OC)C[C@@H]21. The van der Waals surface area contributed by atoms with E-state index < -0.39 is 0 Å². The Bertz CT molecular complexity index is 491. The average molecular weight is 291 g/mol. The Morgan fingerprint density at radius 1 is 1.38 bits per heavy atom. The fraction of sp³-hybridized carbons (Fsp3) is 0.647. The van der Waals surface area contributed by atoms with Crippen LogP contribution in [0, 0.1) is 0 Å². The van der Waals surface area contributed by atoms with Gasteiger partial charge in [0.25, 0.3) is 0 Å². The van der Waals surface area contributed by atoms with Gasteiger partial charge >= 0.3 is 0 Å². The highest BCUT2D eigenvalue weighted by molar-refractivity contribution is 5.43. The van der Waals surface area contributed by atoms with Crippen molar-refractivity contribution in [3.05, 3.63) is 29.3 Å². The van der Waals surface area contributed by atoms with E-state index in [2.05, 4.69) is 24.0 Å². The zero-order chi connectivity index (χ0) is 14.8. The lowest BCUT2D eigenvalue weighted by atomic mass is 9.83. The van der Waals surface area contributed by atoms with E-state index in [9.17, 15) is 5.11 Å². The second-order valence-corrected chi connectivity index (χ2v) is 6.05. The third-order valence-electron chi connectivity index (χ3n) is 4.70. The second-order valence-electron chi connectivity index (χ2n) is 6.05.